The van der Waals surface area contributed by atoms with Gasteiger partial charge in [0.15, 0.2) is 0 Å². The first kappa shape index (κ1) is 15.2. The number of methoxy groups -OCH3 is 1. The van der Waals surface area contributed by atoms with E-state index in [-0.39, 0.29) is 12.5 Å². The van der Waals surface area contributed by atoms with E-state index in [1.165, 1.54) is 0 Å². The average molecular weight is 289 g/mol. The summed E-state index contributed by atoms with van der Waals surface area (Å²) in [5.41, 5.74) is 1.81. The highest BCUT2D eigenvalue weighted by atomic mass is 16.5. The number of rotatable bonds is 8. The Morgan fingerprint density at radius 1 is 1.29 bits per heavy atom. The van der Waals surface area contributed by atoms with Crippen LogP contribution >= 0.6 is 0 Å². The fourth-order valence-corrected chi connectivity index (χ4v) is 1.79. The predicted molar refractivity (Wildman–Crippen MR) is 79.1 cm³/mol. The minimum atomic E-state index is -0.203. The van der Waals surface area contributed by atoms with Crippen LogP contribution in [0.3, 0.4) is 0 Å². The van der Waals surface area contributed by atoms with Gasteiger partial charge in [-0.25, -0.2) is 0 Å². The molecule has 0 aliphatic rings. The molecule has 0 spiro atoms. The zero-order valence-corrected chi connectivity index (χ0v) is 12.0. The number of anilines is 1. The van der Waals surface area contributed by atoms with Crippen LogP contribution in [0, 0.1) is 0 Å². The van der Waals surface area contributed by atoms with Gasteiger partial charge in [0.05, 0.1) is 31.6 Å². The summed E-state index contributed by atoms with van der Waals surface area (Å²) in [6.07, 6.45) is 3.41. The van der Waals surface area contributed by atoms with Gasteiger partial charge in [-0.2, -0.15) is 5.10 Å². The van der Waals surface area contributed by atoms with Crippen LogP contribution in [0.1, 0.15) is 5.56 Å². The highest BCUT2D eigenvalue weighted by Gasteiger charge is 2.05. The van der Waals surface area contributed by atoms with Crippen LogP contribution in [0.15, 0.2) is 42.7 Å². The van der Waals surface area contributed by atoms with E-state index in [1.807, 2.05) is 30.3 Å². The van der Waals surface area contributed by atoms with Crippen molar-refractivity contribution in [3.8, 4) is 0 Å². The minimum Gasteiger partial charge on any atom is -0.382 e. The molecule has 21 heavy (non-hydrogen) atoms. The van der Waals surface area contributed by atoms with Crippen molar-refractivity contribution >= 4 is 11.6 Å². The first-order chi connectivity index (χ1) is 10.3. The first-order valence-corrected chi connectivity index (χ1v) is 6.71. The van der Waals surface area contributed by atoms with E-state index in [0.717, 1.165) is 5.56 Å². The predicted octanol–water partition coefficient (Wildman–Crippen LogP) is 1.53. The van der Waals surface area contributed by atoms with Crippen LogP contribution in [0.2, 0.25) is 0 Å². The lowest BCUT2D eigenvalue weighted by Crippen LogP contribution is -2.19. The number of amides is 1. The van der Waals surface area contributed by atoms with Crippen LogP contribution in [-0.4, -0.2) is 42.6 Å². The summed E-state index contributed by atoms with van der Waals surface area (Å²) in [5.74, 6) is -0.203. The van der Waals surface area contributed by atoms with Crippen molar-refractivity contribution in [3.05, 3.63) is 48.3 Å². The van der Waals surface area contributed by atoms with E-state index < -0.39 is 0 Å². The summed E-state index contributed by atoms with van der Waals surface area (Å²) in [5, 5.41) is 6.95. The molecule has 0 aliphatic carbocycles. The maximum Gasteiger partial charge on any atom is 0.250 e. The molecule has 0 bridgehead atoms. The molecule has 2 aromatic rings. The number of hydrogen-bond acceptors (Lipinski definition) is 4. The fourth-order valence-electron chi connectivity index (χ4n) is 1.79. The highest BCUT2D eigenvalue weighted by molar-refractivity contribution is 5.91. The largest absolute Gasteiger partial charge is 0.382 e. The van der Waals surface area contributed by atoms with Gasteiger partial charge in [0, 0.05) is 13.3 Å². The Balaban J connectivity index is 1.79. The number of ether oxygens (including phenoxy) is 2. The Morgan fingerprint density at radius 3 is 2.86 bits per heavy atom. The number of hydrogen-bond donors (Lipinski definition) is 1. The van der Waals surface area contributed by atoms with Gasteiger partial charge in [-0.3, -0.25) is 9.48 Å². The Labute approximate surface area is 123 Å². The molecular formula is C15H19N3O3. The summed E-state index contributed by atoms with van der Waals surface area (Å²) in [6.45, 7) is 1.55. The van der Waals surface area contributed by atoms with Crippen molar-refractivity contribution in [2.24, 2.45) is 0 Å². The molecule has 0 saturated carbocycles. The molecule has 0 saturated heterocycles. The third-order valence-corrected chi connectivity index (χ3v) is 2.77. The normalized spacial score (nSPS) is 10.5. The number of nitrogens with zero attached hydrogens (tertiary/aromatic N) is 2. The highest BCUT2D eigenvalue weighted by Crippen LogP contribution is 2.07. The summed E-state index contributed by atoms with van der Waals surface area (Å²) in [6, 6.07) is 10.0. The van der Waals surface area contributed by atoms with E-state index in [9.17, 15) is 4.79 Å². The molecular weight excluding hydrogens is 270 g/mol. The van der Waals surface area contributed by atoms with Crippen LogP contribution in [0.25, 0.3) is 0 Å². The van der Waals surface area contributed by atoms with Gasteiger partial charge in [0.2, 0.25) is 5.91 Å². The van der Waals surface area contributed by atoms with E-state index in [4.69, 9.17) is 9.47 Å². The molecule has 1 N–H and O–H groups in total. The van der Waals surface area contributed by atoms with Gasteiger partial charge >= 0.3 is 0 Å². The van der Waals surface area contributed by atoms with Crippen molar-refractivity contribution in [1.82, 2.24) is 9.78 Å². The third kappa shape index (κ3) is 5.37. The van der Waals surface area contributed by atoms with Crippen molar-refractivity contribution in [2.45, 2.75) is 6.54 Å². The minimum absolute atomic E-state index is 0.00717. The lowest BCUT2D eigenvalue weighted by molar-refractivity contribution is -0.121. The Hall–Kier alpha value is -2.18. The standard InChI is InChI=1S/C15H19N3O3/c1-20-7-8-21-12-15(19)17-14-9-16-18(11-14)10-13-5-3-2-4-6-13/h2-6,9,11H,7-8,10,12H2,1H3,(H,17,19). The maximum absolute atomic E-state index is 11.6. The zero-order valence-electron chi connectivity index (χ0n) is 12.0. The molecule has 0 fully saturated rings. The summed E-state index contributed by atoms with van der Waals surface area (Å²) in [7, 11) is 1.59. The molecule has 0 aliphatic heterocycles. The van der Waals surface area contributed by atoms with Crippen LogP contribution in [0.4, 0.5) is 5.69 Å². The second kappa shape index (κ2) is 8.18. The van der Waals surface area contributed by atoms with Gasteiger partial charge in [-0.1, -0.05) is 30.3 Å². The zero-order chi connectivity index (χ0) is 14.9. The van der Waals surface area contributed by atoms with E-state index >= 15 is 0 Å². The molecule has 0 radical (unpaired) electrons. The average Bonchev–Trinajstić information content (AvgIpc) is 2.92. The molecule has 2 rings (SSSR count). The number of aromatic nitrogens is 2. The smallest absolute Gasteiger partial charge is 0.250 e. The number of benzene rings is 1. The SMILES string of the molecule is COCCOCC(=O)Nc1cnn(Cc2ccccc2)c1. The Morgan fingerprint density at radius 2 is 2.10 bits per heavy atom. The fraction of sp³-hybridized carbons (Fsp3) is 0.333. The van der Waals surface area contributed by atoms with Gasteiger partial charge in [-0.15, -0.1) is 0 Å². The summed E-state index contributed by atoms with van der Waals surface area (Å²) < 4.78 is 11.8. The van der Waals surface area contributed by atoms with Crippen molar-refractivity contribution in [3.63, 3.8) is 0 Å². The maximum atomic E-state index is 11.6. The molecule has 1 aromatic carbocycles. The Kier molecular flexibility index (Phi) is 5.93. The monoisotopic (exact) mass is 289 g/mol. The second-order valence-electron chi connectivity index (χ2n) is 4.51. The molecule has 0 unspecified atom stereocenters. The molecule has 6 heteroatoms. The van der Waals surface area contributed by atoms with Gasteiger partial charge in [-0.05, 0) is 5.56 Å². The molecule has 1 aromatic heterocycles. The number of carbonyl (C=O) groups is 1. The second-order valence-corrected chi connectivity index (χ2v) is 4.51. The lowest BCUT2D eigenvalue weighted by atomic mass is 10.2. The van der Waals surface area contributed by atoms with Crippen LogP contribution < -0.4 is 5.32 Å². The van der Waals surface area contributed by atoms with Crippen molar-refractivity contribution in [2.75, 3.05) is 32.2 Å². The molecule has 6 nitrogen and oxygen atoms in total. The summed E-state index contributed by atoms with van der Waals surface area (Å²) >= 11 is 0. The molecule has 0 atom stereocenters. The van der Waals surface area contributed by atoms with Crippen molar-refractivity contribution in [1.29, 1.82) is 0 Å². The summed E-state index contributed by atoms with van der Waals surface area (Å²) in [4.78, 5) is 11.6. The van der Waals surface area contributed by atoms with E-state index in [0.29, 0.717) is 25.4 Å². The Bertz CT molecular complexity index is 554. The third-order valence-electron chi connectivity index (χ3n) is 2.77. The van der Waals surface area contributed by atoms with Gasteiger partial charge in [0.25, 0.3) is 0 Å². The molecule has 1 amide bonds. The quantitative estimate of drug-likeness (QED) is 0.749. The van der Waals surface area contributed by atoms with Crippen LogP contribution in [0.5, 0.6) is 0 Å². The molecule has 1 heterocycles. The van der Waals surface area contributed by atoms with E-state index in [2.05, 4.69) is 10.4 Å². The number of nitrogens with one attached hydrogen (secondary N) is 1. The van der Waals surface area contributed by atoms with Gasteiger partial charge < -0.3 is 14.8 Å². The van der Waals surface area contributed by atoms with E-state index in [1.54, 1.807) is 24.2 Å². The topological polar surface area (TPSA) is 65.4 Å². The number of carbonyl (C=O) groups excluding carboxylic acids is 1. The lowest BCUT2D eigenvalue weighted by Gasteiger charge is -2.04. The van der Waals surface area contributed by atoms with Crippen molar-refractivity contribution < 1.29 is 14.3 Å². The van der Waals surface area contributed by atoms with Crippen LogP contribution in [-0.2, 0) is 20.8 Å². The van der Waals surface area contributed by atoms with Gasteiger partial charge in [0.1, 0.15) is 6.61 Å². The molecule has 112 valence electrons. The first-order valence-electron chi connectivity index (χ1n) is 6.71.